The summed E-state index contributed by atoms with van der Waals surface area (Å²) in [5.41, 5.74) is -0.595. The van der Waals surface area contributed by atoms with Gasteiger partial charge >= 0.3 is 12.1 Å². The van der Waals surface area contributed by atoms with E-state index in [1.165, 1.54) is 6.20 Å². The number of H-pyrrole nitrogens is 1. The summed E-state index contributed by atoms with van der Waals surface area (Å²) < 4.78 is 4.84. The van der Waals surface area contributed by atoms with Crippen LogP contribution >= 0.6 is 0 Å². The summed E-state index contributed by atoms with van der Waals surface area (Å²) >= 11 is 0. The zero-order chi connectivity index (χ0) is 13.2. The Balaban J connectivity index is 2.16. The summed E-state index contributed by atoms with van der Waals surface area (Å²) in [6, 6.07) is 0. The van der Waals surface area contributed by atoms with Crippen LogP contribution in [0.25, 0.3) is 0 Å². The van der Waals surface area contributed by atoms with Gasteiger partial charge in [0, 0.05) is 0 Å². The molecule has 0 saturated heterocycles. The average molecular weight is 253 g/mol. The average Bonchev–Trinajstić information content (AvgIpc) is 2.73. The fraction of sp³-hybridized carbons (Fsp3) is 0.545. The largest absolute Gasteiger partial charge is 0.477 e. The second kappa shape index (κ2) is 4.67. The number of aromatic carboxylic acids is 1. The number of carboxylic acids is 1. The molecule has 0 aliphatic heterocycles. The van der Waals surface area contributed by atoms with Gasteiger partial charge in [0.25, 0.3) is 0 Å². The van der Waals surface area contributed by atoms with Gasteiger partial charge in [-0.15, -0.1) is 0 Å². The molecule has 0 bridgehead atoms. The Morgan fingerprint density at radius 3 is 2.78 bits per heavy atom. The minimum atomic E-state index is -1.07. The second-order valence-corrected chi connectivity index (χ2v) is 4.23. The normalized spacial score (nSPS) is 16.7. The van der Waals surface area contributed by atoms with Crippen LogP contribution in [0.15, 0.2) is 6.20 Å². The highest BCUT2D eigenvalue weighted by atomic mass is 16.5. The molecule has 1 aliphatic rings. The molecule has 7 heteroatoms. The Labute approximate surface area is 104 Å². The number of nitrogens with one attached hydrogen (secondary N) is 2. The van der Waals surface area contributed by atoms with E-state index in [2.05, 4.69) is 15.3 Å². The lowest BCUT2D eigenvalue weighted by molar-refractivity contribution is 0.0690. The minimum Gasteiger partial charge on any atom is -0.477 e. The highest BCUT2D eigenvalue weighted by molar-refractivity contribution is 5.85. The number of ether oxygens (including phenoxy) is 1. The van der Waals surface area contributed by atoms with Crippen molar-refractivity contribution in [1.29, 1.82) is 0 Å². The number of rotatable bonds is 4. The number of hydrogen-bond donors (Lipinski definition) is 3. The van der Waals surface area contributed by atoms with Gasteiger partial charge < -0.3 is 20.1 Å². The third-order valence-corrected chi connectivity index (χ3v) is 3.08. The standard InChI is InChI=1S/C11H15N3O4/c1-2-18-10(17)14-11(4-3-5-11)9-12-6-7(13-9)8(15)16/h6H,2-5H2,1H3,(H,12,13)(H,14,17)(H,15,16). The molecule has 0 radical (unpaired) electrons. The van der Waals surface area contributed by atoms with E-state index >= 15 is 0 Å². The van der Waals surface area contributed by atoms with Gasteiger partial charge in [0.05, 0.1) is 12.8 Å². The number of amides is 1. The summed E-state index contributed by atoms with van der Waals surface area (Å²) in [5, 5.41) is 11.6. The number of nitrogens with zero attached hydrogens (tertiary/aromatic N) is 1. The van der Waals surface area contributed by atoms with Crippen LogP contribution in [0.3, 0.4) is 0 Å². The van der Waals surface area contributed by atoms with Gasteiger partial charge in [-0.25, -0.2) is 14.6 Å². The van der Waals surface area contributed by atoms with E-state index in [1.807, 2.05) is 0 Å². The molecule has 1 saturated carbocycles. The zero-order valence-corrected chi connectivity index (χ0v) is 10.0. The summed E-state index contributed by atoms with van der Waals surface area (Å²) in [4.78, 5) is 29.0. The van der Waals surface area contributed by atoms with E-state index in [4.69, 9.17) is 9.84 Å². The third kappa shape index (κ3) is 2.15. The van der Waals surface area contributed by atoms with E-state index in [1.54, 1.807) is 6.92 Å². The van der Waals surface area contributed by atoms with E-state index in [0.29, 0.717) is 12.4 Å². The summed E-state index contributed by atoms with van der Waals surface area (Å²) in [7, 11) is 0. The molecule has 1 aromatic rings. The van der Waals surface area contributed by atoms with Crippen LogP contribution in [-0.2, 0) is 10.3 Å². The van der Waals surface area contributed by atoms with Crippen LogP contribution < -0.4 is 5.32 Å². The second-order valence-electron chi connectivity index (χ2n) is 4.23. The van der Waals surface area contributed by atoms with Crippen LogP contribution in [0.5, 0.6) is 0 Å². The molecule has 2 rings (SSSR count). The van der Waals surface area contributed by atoms with E-state index in [9.17, 15) is 9.59 Å². The van der Waals surface area contributed by atoms with Gasteiger partial charge in [-0.3, -0.25) is 0 Å². The van der Waals surface area contributed by atoms with Crippen molar-refractivity contribution in [2.24, 2.45) is 0 Å². The Bertz CT molecular complexity index is 465. The van der Waals surface area contributed by atoms with Gasteiger partial charge in [0.15, 0.2) is 0 Å². The van der Waals surface area contributed by atoms with Crippen molar-refractivity contribution in [2.45, 2.75) is 31.7 Å². The van der Waals surface area contributed by atoms with Crippen molar-refractivity contribution in [3.05, 3.63) is 17.7 Å². The molecule has 1 aromatic heterocycles. The van der Waals surface area contributed by atoms with Crippen LogP contribution in [0.1, 0.15) is 42.5 Å². The molecule has 1 amide bonds. The van der Waals surface area contributed by atoms with Crippen LogP contribution in [0, 0.1) is 0 Å². The highest BCUT2D eigenvalue weighted by Crippen LogP contribution is 2.39. The summed E-state index contributed by atoms with van der Waals surface area (Å²) in [6.07, 6.45) is 3.14. The molecule has 0 atom stereocenters. The highest BCUT2D eigenvalue weighted by Gasteiger charge is 2.43. The van der Waals surface area contributed by atoms with E-state index < -0.39 is 17.6 Å². The number of aromatic nitrogens is 2. The molecule has 1 heterocycles. The lowest BCUT2D eigenvalue weighted by Crippen LogP contribution is -2.51. The van der Waals surface area contributed by atoms with E-state index in [0.717, 1.165) is 19.3 Å². The van der Waals surface area contributed by atoms with E-state index in [-0.39, 0.29) is 5.69 Å². The van der Waals surface area contributed by atoms with Crippen LogP contribution in [-0.4, -0.2) is 33.7 Å². The molecule has 18 heavy (non-hydrogen) atoms. The number of carbonyl (C=O) groups excluding carboxylic acids is 1. The molecule has 7 nitrogen and oxygen atoms in total. The first-order valence-electron chi connectivity index (χ1n) is 5.81. The number of carbonyl (C=O) groups is 2. The smallest absolute Gasteiger partial charge is 0.407 e. The number of carboxylic acid groups (broad SMARTS) is 1. The summed E-state index contributed by atoms with van der Waals surface area (Å²) in [6.45, 7) is 2.02. The maximum absolute atomic E-state index is 11.5. The number of alkyl carbamates (subject to hydrolysis) is 1. The maximum atomic E-state index is 11.5. The number of imidazole rings is 1. The molecule has 0 spiro atoms. The Morgan fingerprint density at radius 1 is 1.61 bits per heavy atom. The lowest BCUT2D eigenvalue weighted by atomic mass is 9.76. The SMILES string of the molecule is CCOC(=O)NC1(c2ncc(C(=O)O)[nH]2)CCC1. The molecule has 3 N–H and O–H groups in total. The summed E-state index contributed by atoms with van der Waals surface area (Å²) in [5.74, 6) is -0.599. The Hall–Kier alpha value is -2.05. The molecular formula is C11H15N3O4. The predicted molar refractivity (Wildman–Crippen MR) is 61.2 cm³/mol. The number of aromatic amines is 1. The van der Waals surface area contributed by atoms with Crippen molar-refractivity contribution in [3.8, 4) is 0 Å². The Kier molecular flexibility index (Phi) is 3.22. The fourth-order valence-electron chi connectivity index (χ4n) is 1.99. The molecule has 0 unspecified atom stereocenters. The number of hydrogen-bond acceptors (Lipinski definition) is 4. The van der Waals surface area contributed by atoms with Gasteiger partial charge in [-0.2, -0.15) is 0 Å². The van der Waals surface area contributed by atoms with Crippen molar-refractivity contribution in [3.63, 3.8) is 0 Å². The quantitative estimate of drug-likeness (QED) is 0.748. The van der Waals surface area contributed by atoms with Crippen molar-refractivity contribution < 1.29 is 19.4 Å². The zero-order valence-electron chi connectivity index (χ0n) is 10.0. The first-order valence-corrected chi connectivity index (χ1v) is 5.81. The monoisotopic (exact) mass is 253 g/mol. The van der Waals surface area contributed by atoms with Gasteiger partial charge in [-0.05, 0) is 26.2 Å². The van der Waals surface area contributed by atoms with Gasteiger partial charge in [0.2, 0.25) is 0 Å². The first-order chi connectivity index (χ1) is 8.57. The van der Waals surface area contributed by atoms with Crippen molar-refractivity contribution in [2.75, 3.05) is 6.61 Å². The molecule has 0 aromatic carbocycles. The molecular weight excluding hydrogens is 238 g/mol. The molecule has 98 valence electrons. The maximum Gasteiger partial charge on any atom is 0.407 e. The van der Waals surface area contributed by atoms with Gasteiger partial charge in [0.1, 0.15) is 17.1 Å². The topological polar surface area (TPSA) is 104 Å². The fourth-order valence-corrected chi connectivity index (χ4v) is 1.99. The minimum absolute atomic E-state index is 0.0157. The molecule has 1 fully saturated rings. The predicted octanol–water partition coefficient (Wildman–Crippen LogP) is 1.23. The first kappa shape index (κ1) is 12.4. The van der Waals surface area contributed by atoms with Crippen LogP contribution in [0.4, 0.5) is 4.79 Å². The van der Waals surface area contributed by atoms with Gasteiger partial charge in [-0.1, -0.05) is 0 Å². The molecule has 1 aliphatic carbocycles. The van der Waals surface area contributed by atoms with Crippen molar-refractivity contribution in [1.82, 2.24) is 15.3 Å². The lowest BCUT2D eigenvalue weighted by Gasteiger charge is -2.40. The Morgan fingerprint density at radius 2 is 2.33 bits per heavy atom. The van der Waals surface area contributed by atoms with Crippen molar-refractivity contribution >= 4 is 12.1 Å². The third-order valence-electron chi connectivity index (χ3n) is 3.08. The van der Waals surface area contributed by atoms with Crippen LogP contribution in [0.2, 0.25) is 0 Å².